The van der Waals surface area contributed by atoms with Gasteiger partial charge in [0, 0.05) is 35.9 Å². The van der Waals surface area contributed by atoms with Crippen LogP contribution in [0.1, 0.15) is 26.7 Å². The van der Waals surface area contributed by atoms with Crippen LogP contribution in [0.3, 0.4) is 0 Å². The highest BCUT2D eigenvalue weighted by Gasteiger charge is 2.06. The third-order valence-electron chi connectivity index (χ3n) is 2.28. The summed E-state index contributed by atoms with van der Waals surface area (Å²) in [6.45, 7) is 5.97. The monoisotopic (exact) mass is 301 g/mol. The number of nitrogens with one attached hydrogen (secondary N) is 2. The Hall–Kier alpha value is -1.44. The van der Waals surface area contributed by atoms with Gasteiger partial charge in [-0.1, -0.05) is 6.92 Å². The molecule has 0 spiro atoms. The van der Waals surface area contributed by atoms with Gasteiger partial charge in [-0.05, 0) is 19.8 Å². The smallest absolute Gasteiger partial charge is 0.323 e. The molecule has 7 nitrogen and oxygen atoms in total. The fraction of sp³-hybridized carbons (Fsp3) is 0.750. The summed E-state index contributed by atoms with van der Waals surface area (Å²) < 4.78 is 16.4. The molecule has 1 aromatic rings. The van der Waals surface area contributed by atoms with Crippen LogP contribution in [0.25, 0.3) is 0 Å². The van der Waals surface area contributed by atoms with E-state index >= 15 is 0 Å². The van der Waals surface area contributed by atoms with Crippen molar-refractivity contribution in [2.75, 3.05) is 42.3 Å². The van der Waals surface area contributed by atoms with Crippen molar-refractivity contribution < 1.29 is 8.95 Å². The molecule has 0 amide bonds. The van der Waals surface area contributed by atoms with Crippen LogP contribution in [0.5, 0.6) is 6.01 Å². The molecule has 0 saturated carbocycles. The average Bonchev–Trinajstić information content (AvgIpc) is 2.41. The first-order valence-electron chi connectivity index (χ1n) is 6.82. The molecule has 0 saturated heterocycles. The van der Waals surface area contributed by atoms with Crippen LogP contribution in [0.4, 0.5) is 11.9 Å². The summed E-state index contributed by atoms with van der Waals surface area (Å²) in [4.78, 5) is 12.6. The zero-order valence-corrected chi connectivity index (χ0v) is 13.1. The molecule has 0 fully saturated rings. The van der Waals surface area contributed by atoms with Gasteiger partial charge in [-0.3, -0.25) is 4.21 Å². The number of hydrogen-bond acceptors (Lipinski definition) is 7. The number of ether oxygens (including phenoxy) is 1. The maximum Gasteiger partial charge on any atom is 0.323 e. The van der Waals surface area contributed by atoms with Crippen molar-refractivity contribution in [1.29, 1.82) is 0 Å². The van der Waals surface area contributed by atoms with Gasteiger partial charge < -0.3 is 15.4 Å². The van der Waals surface area contributed by atoms with Gasteiger partial charge in [0.05, 0.1) is 6.61 Å². The zero-order valence-electron chi connectivity index (χ0n) is 12.3. The van der Waals surface area contributed by atoms with E-state index in [0.717, 1.165) is 19.4 Å². The van der Waals surface area contributed by atoms with E-state index in [1.54, 1.807) is 6.26 Å². The highest BCUT2D eigenvalue weighted by Crippen LogP contribution is 2.11. The van der Waals surface area contributed by atoms with Gasteiger partial charge >= 0.3 is 6.01 Å². The molecule has 0 aliphatic rings. The minimum absolute atomic E-state index is 0.319. The van der Waals surface area contributed by atoms with Gasteiger partial charge in [0.15, 0.2) is 0 Å². The molecule has 1 unspecified atom stereocenters. The molecular weight excluding hydrogens is 278 g/mol. The van der Waals surface area contributed by atoms with E-state index in [9.17, 15) is 4.21 Å². The van der Waals surface area contributed by atoms with Crippen molar-refractivity contribution in [2.24, 2.45) is 0 Å². The molecule has 8 heteroatoms. The van der Waals surface area contributed by atoms with Crippen molar-refractivity contribution in [1.82, 2.24) is 15.0 Å². The maximum absolute atomic E-state index is 11.0. The second-order valence-corrected chi connectivity index (χ2v) is 5.76. The highest BCUT2D eigenvalue weighted by molar-refractivity contribution is 7.84. The van der Waals surface area contributed by atoms with E-state index in [4.69, 9.17) is 4.74 Å². The number of rotatable bonds is 10. The van der Waals surface area contributed by atoms with E-state index in [1.807, 2.05) is 13.8 Å². The van der Waals surface area contributed by atoms with Gasteiger partial charge in [-0.15, -0.1) is 0 Å². The Labute approximate surface area is 122 Å². The van der Waals surface area contributed by atoms with Crippen LogP contribution in [-0.2, 0) is 10.8 Å². The van der Waals surface area contributed by atoms with Crippen LogP contribution in [0.2, 0.25) is 0 Å². The summed E-state index contributed by atoms with van der Waals surface area (Å²) >= 11 is 0. The molecule has 0 radical (unpaired) electrons. The summed E-state index contributed by atoms with van der Waals surface area (Å²) in [7, 11) is -0.770. The first kappa shape index (κ1) is 16.6. The van der Waals surface area contributed by atoms with Crippen LogP contribution in [-0.4, -0.2) is 50.9 Å². The Bertz CT molecular complexity index is 430. The normalized spacial score (nSPS) is 11.9. The van der Waals surface area contributed by atoms with E-state index in [0.29, 0.717) is 36.8 Å². The molecule has 1 aromatic heterocycles. The van der Waals surface area contributed by atoms with Crippen molar-refractivity contribution in [2.45, 2.75) is 26.7 Å². The standard InChI is InChI=1S/C12H23N5O2S/c1-4-8-19-12-16-10(13-5-2)15-11(17-12)14-7-6-9-20(3)18/h4-9H2,1-3H3,(H2,13,14,15,16,17). The highest BCUT2D eigenvalue weighted by atomic mass is 32.2. The topological polar surface area (TPSA) is 89.0 Å². The van der Waals surface area contributed by atoms with Crippen molar-refractivity contribution in [3.8, 4) is 6.01 Å². The minimum Gasteiger partial charge on any atom is -0.463 e. The second-order valence-electron chi connectivity index (χ2n) is 4.20. The first-order chi connectivity index (χ1) is 9.65. The van der Waals surface area contributed by atoms with E-state index in [-0.39, 0.29) is 0 Å². The summed E-state index contributed by atoms with van der Waals surface area (Å²) in [5, 5.41) is 6.14. The van der Waals surface area contributed by atoms with Gasteiger partial charge in [-0.25, -0.2) is 0 Å². The number of anilines is 2. The van der Waals surface area contributed by atoms with Crippen molar-refractivity contribution >= 4 is 22.7 Å². The van der Waals surface area contributed by atoms with Crippen LogP contribution >= 0.6 is 0 Å². The van der Waals surface area contributed by atoms with Gasteiger partial charge in [0.1, 0.15) is 0 Å². The Balaban J connectivity index is 2.62. The Morgan fingerprint density at radius 1 is 1.15 bits per heavy atom. The predicted octanol–water partition coefficient (Wildman–Crippen LogP) is 1.27. The van der Waals surface area contributed by atoms with Crippen molar-refractivity contribution in [3.05, 3.63) is 0 Å². The molecule has 114 valence electrons. The molecule has 0 aliphatic carbocycles. The molecule has 0 aliphatic heterocycles. The molecular formula is C12H23N5O2S. The minimum atomic E-state index is -0.770. The predicted molar refractivity (Wildman–Crippen MR) is 81.8 cm³/mol. The third kappa shape index (κ3) is 6.65. The second kappa shape index (κ2) is 9.46. The summed E-state index contributed by atoms with van der Waals surface area (Å²) in [5.74, 6) is 1.64. The lowest BCUT2D eigenvalue weighted by Gasteiger charge is -2.09. The van der Waals surface area contributed by atoms with Crippen LogP contribution in [0.15, 0.2) is 0 Å². The average molecular weight is 301 g/mol. The Kier molecular flexibility index (Phi) is 7.86. The number of hydrogen-bond donors (Lipinski definition) is 2. The summed E-state index contributed by atoms with van der Waals surface area (Å²) in [6, 6.07) is 0.319. The van der Waals surface area contributed by atoms with E-state index < -0.39 is 10.8 Å². The first-order valence-corrected chi connectivity index (χ1v) is 8.55. The van der Waals surface area contributed by atoms with Crippen LogP contribution in [0, 0.1) is 0 Å². The summed E-state index contributed by atoms with van der Waals surface area (Å²) in [6.07, 6.45) is 3.40. The molecule has 0 aromatic carbocycles. The van der Waals surface area contributed by atoms with Crippen molar-refractivity contribution in [3.63, 3.8) is 0 Å². The van der Waals surface area contributed by atoms with Gasteiger partial charge in [0.25, 0.3) is 0 Å². The van der Waals surface area contributed by atoms with Gasteiger partial charge in [-0.2, -0.15) is 15.0 Å². The number of nitrogens with zero attached hydrogens (tertiary/aromatic N) is 3. The van der Waals surface area contributed by atoms with Gasteiger partial charge in [0.2, 0.25) is 11.9 Å². The molecule has 0 bridgehead atoms. The zero-order chi connectivity index (χ0) is 14.8. The lowest BCUT2D eigenvalue weighted by molar-refractivity contribution is 0.292. The fourth-order valence-corrected chi connectivity index (χ4v) is 1.96. The lowest BCUT2D eigenvalue weighted by Crippen LogP contribution is -2.13. The Morgan fingerprint density at radius 3 is 2.45 bits per heavy atom. The Morgan fingerprint density at radius 2 is 1.85 bits per heavy atom. The molecule has 1 rings (SSSR count). The largest absolute Gasteiger partial charge is 0.463 e. The SMILES string of the molecule is CCCOc1nc(NCC)nc(NCCCS(C)=O)n1. The molecule has 2 N–H and O–H groups in total. The maximum atomic E-state index is 11.0. The summed E-state index contributed by atoms with van der Waals surface area (Å²) in [5.41, 5.74) is 0. The van der Waals surface area contributed by atoms with E-state index in [1.165, 1.54) is 0 Å². The van der Waals surface area contributed by atoms with Crippen LogP contribution < -0.4 is 15.4 Å². The molecule has 20 heavy (non-hydrogen) atoms. The third-order valence-corrected chi connectivity index (χ3v) is 3.14. The quantitative estimate of drug-likeness (QED) is 0.629. The number of aromatic nitrogens is 3. The molecule has 1 heterocycles. The van der Waals surface area contributed by atoms with E-state index in [2.05, 4.69) is 25.6 Å². The molecule has 1 atom stereocenters. The lowest BCUT2D eigenvalue weighted by atomic mass is 10.5. The fourth-order valence-electron chi connectivity index (χ4n) is 1.41.